The lowest BCUT2D eigenvalue weighted by Gasteiger charge is -2.19. The minimum Gasteiger partial charge on any atom is -0.444 e. The monoisotopic (exact) mass is 215 g/mol. The van der Waals surface area contributed by atoms with Crippen LogP contribution in [0.1, 0.15) is 27.2 Å². The Morgan fingerprint density at radius 2 is 2.07 bits per heavy atom. The predicted octanol–water partition coefficient (Wildman–Crippen LogP) is 0.921. The molecular weight excluding hydrogens is 194 g/mol. The summed E-state index contributed by atoms with van der Waals surface area (Å²) < 4.78 is 5.07. The topological polar surface area (TPSA) is 76.4 Å². The Morgan fingerprint density at radius 3 is 2.47 bits per heavy atom. The van der Waals surface area contributed by atoms with Crippen LogP contribution in [0.25, 0.3) is 0 Å². The fourth-order valence-electron chi connectivity index (χ4n) is 0.905. The summed E-state index contributed by atoms with van der Waals surface area (Å²) in [6.07, 6.45) is 1.73. The van der Waals surface area contributed by atoms with E-state index in [0.29, 0.717) is 13.0 Å². The third-order valence-electron chi connectivity index (χ3n) is 1.58. The molecule has 0 radical (unpaired) electrons. The summed E-state index contributed by atoms with van der Waals surface area (Å²) in [5, 5.41) is 5.56. The lowest BCUT2D eigenvalue weighted by atomic mass is 10.2. The molecule has 0 rings (SSSR count). The zero-order chi connectivity index (χ0) is 11.9. The Morgan fingerprint density at radius 1 is 1.47 bits per heavy atom. The zero-order valence-corrected chi connectivity index (χ0v) is 9.89. The second-order valence-corrected chi connectivity index (χ2v) is 4.12. The number of nitrogens with two attached hydrogens (primary N) is 1. The van der Waals surface area contributed by atoms with Crippen molar-refractivity contribution in [1.29, 1.82) is 0 Å². The van der Waals surface area contributed by atoms with Crippen molar-refractivity contribution in [1.82, 2.24) is 10.6 Å². The molecule has 0 aliphatic rings. The molecule has 0 atom stereocenters. The lowest BCUT2D eigenvalue weighted by molar-refractivity contribution is 0.0528. The van der Waals surface area contributed by atoms with Gasteiger partial charge in [-0.1, -0.05) is 0 Å². The number of nitrogens with one attached hydrogen (secondary N) is 2. The van der Waals surface area contributed by atoms with Crippen molar-refractivity contribution in [3.8, 4) is 0 Å². The molecule has 0 unspecified atom stereocenters. The Labute approximate surface area is 91.0 Å². The number of amides is 1. The zero-order valence-electron chi connectivity index (χ0n) is 9.89. The first kappa shape index (κ1) is 13.6. The molecule has 0 saturated carbocycles. The van der Waals surface area contributed by atoms with E-state index in [-0.39, 0.29) is 0 Å². The summed E-state index contributed by atoms with van der Waals surface area (Å²) in [6.45, 7) is 5.97. The molecule has 0 aliphatic heterocycles. The molecule has 0 spiro atoms. The number of alkyl carbamates (subject to hydrolysis) is 1. The molecule has 5 heteroatoms. The van der Waals surface area contributed by atoms with Gasteiger partial charge in [0.1, 0.15) is 5.60 Å². The number of carbonyl (C=O) groups is 1. The largest absolute Gasteiger partial charge is 0.444 e. The molecule has 15 heavy (non-hydrogen) atoms. The quantitative estimate of drug-likeness (QED) is 0.652. The maximum absolute atomic E-state index is 11.2. The van der Waals surface area contributed by atoms with Gasteiger partial charge in [-0.2, -0.15) is 0 Å². The normalized spacial score (nSPS) is 12.1. The average Bonchev–Trinajstić information content (AvgIpc) is 2.09. The van der Waals surface area contributed by atoms with E-state index < -0.39 is 11.7 Å². The highest BCUT2D eigenvalue weighted by atomic mass is 16.6. The molecule has 0 heterocycles. The lowest BCUT2D eigenvalue weighted by Crippen LogP contribution is -2.33. The molecule has 5 nitrogen and oxygen atoms in total. The van der Waals surface area contributed by atoms with Crippen molar-refractivity contribution >= 4 is 6.09 Å². The maximum atomic E-state index is 11.2. The summed E-state index contributed by atoms with van der Waals surface area (Å²) in [5.41, 5.74) is 5.76. The molecule has 0 aliphatic carbocycles. The number of carbonyl (C=O) groups excluding carboxylic acids is 1. The Bertz CT molecular complexity index is 231. The van der Waals surface area contributed by atoms with Crippen LogP contribution in [0.15, 0.2) is 11.9 Å². The van der Waals surface area contributed by atoms with Crippen LogP contribution in [0.3, 0.4) is 0 Å². The molecule has 88 valence electrons. The van der Waals surface area contributed by atoms with Crippen molar-refractivity contribution in [2.24, 2.45) is 5.73 Å². The van der Waals surface area contributed by atoms with E-state index in [1.165, 1.54) is 6.20 Å². The predicted molar refractivity (Wildman–Crippen MR) is 60.2 cm³/mol. The Kier molecular flexibility index (Phi) is 5.59. The van der Waals surface area contributed by atoms with Gasteiger partial charge >= 0.3 is 6.09 Å². The van der Waals surface area contributed by atoms with E-state index in [9.17, 15) is 4.79 Å². The van der Waals surface area contributed by atoms with E-state index in [1.54, 1.807) is 7.05 Å². The first-order valence-corrected chi connectivity index (χ1v) is 4.94. The fraction of sp³-hybridized carbons (Fsp3) is 0.700. The van der Waals surface area contributed by atoms with Crippen LogP contribution < -0.4 is 16.4 Å². The molecule has 0 bridgehead atoms. The molecule has 0 saturated heterocycles. The van der Waals surface area contributed by atoms with E-state index in [4.69, 9.17) is 10.5 Å². The highest BCUT2D eigenvalue weighted by Crippen LogP contribution is 2.06. The molecule has 4 N–H and O–H groups in total. The van der Waals surface area contributed by atoms with Gasteiger partial charge in [-0.25, -0.2) is 4.79 Å². The van der Waals surface area contributed by atoms with Crippen LogP contribution in [-0.4, -0.2) is 25.3 Å². The van der Waals surface area contributed by atoms with Crippen molar-refractivity contribution in [3.05, 3.63) is 11.9 Å². The third-order valence-corrected chi connectivity index (χ3v) is 1.58. The van der Waals surface area contributed by atoms with Gasteiger partial charge in [-0.3, -0.25) is 0 Å². The first-order valence-electron chi connectivity index (χ1n) is 4.94. The van der Waals surface area contributed by atoms with E-state index in [0.717, 1.165) is 5.70 Å². The van der Waals surface area contributed by atoms with Crippen molar-refractivity contribution < 1.29 is 9.53 Å². The van der Waals surface area contributed by atoms with Crippen molar-refractivity contribution in [2.75, 3.05) is 13.6 Å². The highest BCUT2D eigenvalue weighted by Gasteiger charge is 2.15. The summed E-state index contributed by atoms with van der Waals surface area (Å²) in [4.78, 5) is 11.2. The van der Waals surface area contributed by atoms with Crippen LogP contribution in [0.4, 0.5) is 4.79 Å². The average molecular weight is 215 g/mol. The standard InChI is InChI=1S/C10H21N3O2/c1-10(2,3)15-9(14)13-6-5-8(7-11)12-4/h7,12H,5-6,11H2,1-4H3,(H,13,14)/b8-7-. The van der Waals surface area contributed by atoms with Gasteiger partial charge < -0.3 is 21.1 Å². The van der Waals surface area contributed by atoms with Gasteiger partial charge in [-0.15, -0.1) is 0 Å². The van der Waals surface area contributed by atoms with E-state index in [2.05, 4.69) is 10.6 Å². The van der Waals surface area contributed by atoms with Crippen LogP contribution in [0, 0.1) is 0 Å². The van der Waals surface area contributed by atoms with Gasteiger partial charge in [-0.05, 0) is 20.8 Å². The summed E-state index contributed by atoms with van der Waals surface area (Å²) >= 11 is 0. The minimum absolute atomic E-state index is 0.407. The van der Waals surface area contributed by atoms with E-state index in [1.807, 2.05) is 20.8 Å². The smallest absolute Gasteiger partial charge is 0.407 e. The minimum atomic E-state index is -0.459. The number of hydrogen-bond acceptors (Lipinski definition) is 4. The van der Waals surface area contributed by atoms with Gasteiger partial charge in [0.2, 0.25) is 0 Å². The van der Waals surface area contributed by atoms with Crippen LogP contribution in [0.5, 0.6) is 0 Å². The van der Waals surface area contributed by atoms with Crippen molar-refractivity contribution in [2.45, 2.75) is 32.8 Å². The molecular formula is C10H21N3O2. The van der Waals surface area contributed by atoms with Crippen LogP contribution >= 0.6 is 0 Å². The molecule has 0 aromatic rings. The van der Waals surface area contributed by atoms with Gasteiger partial charge in [0.15, 0.2) is 0 Å². The molecule has 0 aromatic heterocycles. The SMILES string of the molecule is CN/C(=C\N)CCNC(=O)OC(C)(C)C. The van der Waals surface area contributed by atoms with Crippen LogP contribution in [-0.2, 0) is 4.74 Å². The first-order chi connectivity index (χ1) is 6.89. The molecule has 0 fully saturated rings. The molecule has 1 amide bonds. The fourth-order valence-corrected chi connectivity index (χ4v) is 0.905. The van der Waals surface area contributed by atoms with E-state index >= 15 is 0 Å². The van der Waals surface area contributed by atoms with Gasteiger partial charge in [0.05, 0.1) is 0 Å². The summed E-state index contributed by atoms with van der Waals surface area (Å²) in [5.74, 6) is 0. The highest BCUT2D eigenvalue weighted by molar-refractivity contribution is 5.67. The maximum Gasteiger partial charge on any atom is 0.407 e. The number of ether oxygens (including phenoxy) is 1. The summed E-state index contributed by atoms with van der Waals surface area (Å²) in [7, 11) is 1.78. The van der Waals surface area contributed by atoms with Gasteiger partial charge in [0.25, 0.3) is 0 Å². The molecule has 0 aromatic carbocycles. The number of rotatable bonds is 4. The Hall–Kier alpha value is -1.39. The van der Waals surface area contributed by atoms with Gasteiger partial charge in [0, 0.05) is 31.9 Å². The Balaban J connectivity index is 3.74. The summed E-state index contributed by atoms with van der Waals surface area (Å²) in [6, 6.07) is 0. The van der Waals surface area contributed by atoms with Crippen molar-refractivity contribution in [3.63, 3.8) is 0 Å². The second-order valence-electron chi connectivity index (χ2n) is 4.12. The third kappa shape index (κ3) is 7.66. The second kappa shape index (κ2) is 6.16. The number of hydrogen-bond donors (Lipinski definition) is 3. The van der Waals surface area contributed by atoms with Crippen LogP contribution in [0.2, 0.25) is 0 Å².